The highest BCUT2D eigenvalue weighted by Crippen LogP contribution is 2.53. The number of rotatable bonds is 24. The molecule has 0 aliphatic heterocycles. The Kier molecular flexibility index (Phi) is 19.9. The molecule has 8 N–H and O–H groups in total. The minimum Gasteiger partial charge on any atom is -0.508 e. The quantitative estimate of drug-likeness (QED) is 0.0412. The fraction of sp³-hybridized carbons (Fsp3) is 0.614. The molecule has 0 saturated heterocycles. The molecule has 2 aliphatic rings. The van der Waals surface area contributed by atoms with Crippen LogP contribution in [0.1, 0.15) is 246 Å². The van der Waals surface area contributed by atoms with Gasteiger partial charge in [-0.25, -0.2) is 0 Å². The maximum Gasteiger partial charge on any atom is 0.123 e. The van der Waals surface area contributed by atoms with E-state index in [9.17, 15) is 40.9 Å². The third kappa shape index (κ3) is 13.2. The van der Waals surface area contributed by atoms with Gasteiger partial charge < -0.3 is 40.9 Å². The van der Waals surface area contributed by atoms with Gasteiger partial charge in [-0.2, -0.15) is 0 Å². The number of unbranched alkanes of at least 4 members (excludes halogenated alkanes) is 16. The number of hydrogen-bond acceptors (Lipinski definition) is 8. The predicted octanol–water partition coefficient (Wildman–Crippen LogP) is 15.6. The van der Waals surface area contributed by atoms with Crippen molar-refractivity contribution in [3.63, 3.8) is 0 Å². The number of aliphatic hydroxyl groups excluding tert-OH is 1. The third-order valence-corrected chi connectivity index (χ3v) is 14.8. The number of aromatic hydroxyl groups is 6. The number of benzene rings is 3. The summed E-state index contributed by atoms with van der Waals surface area (Å²) in [4.78, 5) is 0. The van der Waals surface area contributed by atoms with Crippen LogP contribution in [0.25, 0.3) is 0 Å². The summed E-state index contributed by atoms with van der Waals surface area (Å²) in [5.74, 6) is -3.27. The Morgan fingerprint density at radius 2 is 0.692 bits per heavy atom. The number of fused-ring (bicyclic) bond motifs is 7. The predicted molar refractivity (Wildman–Crippen MR) is 265 cm³/mol. The van der Waals surface area contributed by atoms with Gasteiger partial charge in [0.15, 0.2) is 0 Å². The number of hydrogen-bond donors (Lipinski definition) is 8. The molecule has 3 aromatic carbocycles. The highest BCUT2D eigenvalue weighted by molar-refractivity contribution is 5.60. The molecule has 65 heavy (non-hydrogen) atoms. The van der Waals surface area contributed by atoms with Crippen molar-refractivity contribution in [2.45, 2.75) is 218 Å². The van der Waals surface area contributed by atoms with Crippen LogP contribution in [-0.4, -0.2) is 46.5 Å². The molecular formula is C57H84O8. The van der Waals surface area contributed by atoms with Crippen molar-refractivity contribution in [2.75, 3.05) is 0 Å². The van der Waals surface area contributed by atoms with Crippen molar-refractivity contribution in [3.8, 4) is 34.5 Å². The lowest BCUT2D eigenvalue weighted by atomic mass is 9.67. The van der Waals surface area contributed by atoms with Crippen LogP contribution in [0.2, 0.25) is 0 Å². The molecule has 0 spiro atoms. The molecule has 0 saturated carbocycles. The van der Waals surface area contributed by atoms with Gasteiger partial charge in [-0.3, -0.25) is 0 Å². The SMILES string of the molecule is CCCCCCCC1C2=CC(C(CCCCCCC)c3cc(c(O)cc3O)C(CCCCCCC)c3cc(c(O)cc3O)[C@@H](CCCCCCC)c3cc1c(O)cc3O)C(C)(O)C=C2O. The zero-order chi connectivity index (χ0) is 47.1. The average molecular weight is 897 g/mol. The van der Waals surface area contributed by atoms with Crippen molar-refractivity contribution < 1.29 is 40.9 Å². The van der Waals surface area contributed by atoms with Gasteiger partial charge in [-0.1, -0.05) is 162 Å². The molecule has 8 bridgehead atoms. The summed E-state index contributed by atoms with van der Waals surface area (Å²) >= 11 is 0. The minimum absolute atomic E-state index is 0.0614. The summed E-state index contributed by atoms with van der Waals surface area (Å²) in [6, 6.07) is 9.81. The topological polar surface area (TPSA) is 162 Å². The first-order valence-electron chi connectivity index (χ1n) is 25.8. The minimum atomic E-state index is -1.53. The van der Waals surface area contributed by atoms with Crippen LogP contribution in [0.4, 0.5) is 0 Å². The molecule has 8 heteroatoms. The van der Waals surface area contributed by atoms with Gasteiger partial charge in [0.25, 0.3) is 0 Å². The van der Waals surface area contributed by atoms with Gasteiger partial charge in [0, 0.05) is 69.7 Å². The van der Waals surface area contributed by atoms with Gasteiger partial charge in [-0.15, -0.1) is 0 Å². The number of phenols is 6. The van der Waals surface area contributed by atoms with Crippen molar-refractivity contribution in [1.82, 2.24) is 0 Å². The summed E-state index contributed by atoms with van der Waals surface area (Å²) in [6.07, 6.45) is 26.0. The lowest BCUT2D eigenvalue weighted by molar-refractivity contribution is 0.0457. The van der Waals surface area contributed by atoms with E-state index in [1.165, 1.54) is 24.3 Å². The second-order valence-corrected chi connectivity index (χ2v) is 19.9. The molecule has 0 heterocycles. The molecule has 2 aliphatic carbocycles. The maximum atomic E-state index is 12.4. The summed E-state index contributed by atoms with van der Waals surface area (Å²) in [5.41, 5.74) is 2.37. The highest BCUT2D eigenvalue weighted by atomic mass is 16.3. The van der Waals surface area contributed by atoms with Crippen molar-refractivity contribution in [2.24, 2.45) is 5.92 Å². The molecule has 5 unspecified atom stereocenters. The van der Waals surface area contributed by atoms with E-state index in [0.717, 1.165) is 128 Å². The number of allylic oxidation sites excluding steroid dienone is 1. The molecule has 0 aromatic heterocycles. The summed E-state index contributed by atoms with van der Waals surface area (Å²) in [6.45, 7) is 10.4. The van der Waals surface area contributed by atoms with E-state index in [-0.39, 0.29) is 40.3 Å². The normalized spacial score (nSPS) is 21.8. The highest BCUT2D eigenvalue weighted by Gasteiger charge is 2.42. The van der Waals surface area contributed by atoms with E-state index in [1.807, 2.05) is 24.3 Å². The zero-order valence-corrected chi connectivity index (χ0v) is 40.6. The first kappa shape index (κ1) is 51.7. The smallest absolute Gasteiger partial charge is 0.123 e. The molecule has 0 amide bonds. The Balaban J connectivity index is 1.85. The zero-order valence-electron chi connectivity index (χ0n) is 40.6. The molecule has 5 rings (SSSR count). The summed E-state index contributed by atoms with van der Waals surface area (Å²) in [7, 11) is 0. The van der Waals surface area contributed by atoms with E-state index in [4.69, 9.17) is 0 Å². The second-order valence-electron chi connectivity index (χ2n) is 19.9. The van der Waals surface area contributed by atoms with Gasteiger partial charge in [0.2, 0.25) is 0 Å². The first-order valence-corrected chi connectivity index (χ1v) is 25.8. The second kappa shape index (κ2) is 25.0. The van der Waals surface area contributed by atoms with Crippen molar-refractivity contribution >= 4 is 0 Å². The van der Waals surface area contributed by atoms with E-state index in [0.29, 0.717) is 64.6 Å². The van der Waals surface area contributed by atoms with Gasteiger partial charge in [-0.05, 0) is 73.9 Å². The van der Waals surface area contributed by atoms with Gasteiger partial charge in [0.05, 0.1) is 5.60 Å². The number of aliphatic hydroxyl groups is 2. The van der Waals surface area contributed by atoms with E-state index < -0.39 is 35.2 Å². The molecular weight excluding hydrogens is 813 g/mol. The lowest BCUT2D eigenvalue weighted by Crippen LogP contribution is -2.39. The Bertz CT molecular complexity index is 2030. The van der Waals surface area contributed by atoms with Crippen molar-refractivity contribution in [1.29, 1.82) is 0 Å². The summed E-state index contributed by atoms with van der Waals surface area (Å²) in [5, 5.41) is 95.9. The van der Waals surface area contributed by atoms with Crippen LogP contribution in [0.3, 0.4) is 0 Å². The van der Waals surface area contributed by atoms with E-state index in [2.05, 4.69) is 27.7 Å². The largest absolute Gasteiger partial charge is 0.508 e. The average Bonchev–Trinajstić information content (AvgIpc) is 3.25. The monoisotopic (exact) mass is 897 g/mol. The van der Waals surface area contributed by atoms with Crippen LogP contribution < -0.4 is 0 Å². The molecule has 360 valence electrons. The lowest BCUT2D eigenvalue weighted by Gasteiger charge is -2.40. The van der Waals surface area contributed by atoms with Crippen LogP contribution in [-0.2, 0) is 0 Å². The Morgan fingerprint density at radius 3 is 1.08 bits per heavy atom. The molecule has 0 radical (unpaired) electrons. The molecule has 6 atom stereocenters. The maximum absolute atomic E-state index is 12.4. The molecule has 3 aromatic rings. The van der Waals surface area contributed by atoms with E-state index in [1.54, 1.807) is 6.92 Å². The Hall–Kier alpha value is -4.30. The van der Waals surface area contributed by atoms with Crippen LogP contribution in [0.5, 0.6) is 34.5 Å². The first-order chi connectivity index (χ1) is 31.3. The fourth-order valence-electron chi connectivity index (χ4n) is 11.0. The fourth-order valence-corrected chi connectivity index (χ4v) is 11.0. The van der Waals surface area contributed by atoms with Gasteiger partial charge in [0.1, 0.15) is 40.3 Å². The standard InChI is InChI=1S/C57H84O8/c1-6-10-14-18-22-26-38-42-30-43(51(59)34-50(42)58)39(27-23-19-15-11-7-2)46-32-47(55(63)36-54(46)62)41(29-25-21-17-13-9-4)49-33-48(56(64)37-57(49,5)65)40(28-24-20-16-12-8-3)45-31-44(38)52(60)35-53(45)61/h30-41,49,58-65H,6-29H2,1-5H3/t38-,39?,40?,41?,49?,57?/m1/s1. The Labute approximate surface area is 391 Å². The van der Waals surface area contributed by atoms with Gasteiger partial charge >= 0.3 is 0 Å². The molecule has 8 nitrogen and oxygen atoms in total. The number of phenolic OH excluding ortho intramolecular Hbond substituents is 6. The van der Waals surface area contributed by atoms with Crippen molar-refractivity contribution in [3.05, 3.63) is 93.3 Å². The Morgan fingerprint density at radius 1 is 0.385 bits per heavy atom. The summed E-state index contributed by atoms with van der Waals surface area (Å²) < 4.78 is 0. The van der Waals surface area contributed by atoms with Crippen LogP contribution in [0.15, 0.2) is 59.9 Å². The molecule has 0 fully saturated rings. The third-order valence-electron chi connectivity index (χ3n) is 14.8. The van der Waals surface area contributed by atoms with Crippen LogP contribution in [0, 0.1) is 5.92 Å². The van der Waals surface area contributed by atoms with Crippen LogP contribution >= 0.6 is 0 Å². The van der Waals surface area contributed by atoms with E-state index >= 15 is 0 Å².